The summed E-state index contributed by atoms with van der Waals surface area (Å²) in [6.07, 6.45) is 3.82. The molecule has 0 atom stereocenters. The number of aliphatic imine (C=N–C) groups is 1. The van der Waals surface area contributed by atoms with Gasteiger partial charge in [0.1, 0.15) is 12.4 Å². The zero-order valence-corrected chi connectivity index (χ0v) is 20.6. The number of nitrogens with one attached hydrogen (secondary N) is 2. The fourth-order valence-corrected chi connectivity index (χ4v) is 3.28. The Labute approximate surface area is 193 Å². The number of nitrogens with zero attached hydrogens (tertiary/aromatic N) is 2. The Bertz CT molecular complexity index is 578. The molecule has 1 fully saturated rings. The standard InChI is InChI=1S/C22H38N4O2.HI/c1-4-23-22(24-11-6-12-26-13-9-19(2)10-14-26)25-18-20-7-5-8-21(17-20)28-16-15-27-3;/h5,7-8,17,19H,4,6,9-16,18H2,1-3H3,(H2,23,24,25);1H. The van der Waals surface area contributed by atoms with E-state index in [9.17, 15) is 0 Å². The predicted molar refractivity (Wildman–Crippen MR) is 132 cm³/mol. The first kappa shape index (κ1) is 26.0. The molecular formula is C22H39IN4O2. The smallest absolute Gasteiger partial charge is 0.191 e. The van der Waals surface area contributed by atoms with Crippen molar-refractivity contribution in [1.82, 2.24) is 15.5 Å². The summed E-state index contributed by atoms with van der Waals surface area (Å²) in [6, 6.07) is 8.09. The summed E-state index contributed by atoms with van der Waals surface area (Å²) in [5.41, 5.74) is 1.13. The molecule has 2 N–H and O–H groups in total. The van der Waals surface area contributed by atoms with Crippen LogP contribution >= 0.6 is 24.0 Å². The largest absolute Gasteiger partial charge is 0.491 e. The van der Waals surface area contributed by atoms with Crippen molar-refractivity contribution in [2.45, 2.75) is 39.7 Å². The quantitative estimate of drug-likeness (QED) is 0.203. The van der Waals surface area contributed by atoms with Gasteiger partial charge in [-0.1, -0.05) is 19.1 Å². The van der Waals surface area contributed by atoms with Gasteiger partial charge in [-0.2, -0.15) is 0 Å². The summed E-state index contributed by atoms with van der Waals surface area (Å²) < 4.78 is 10.7. The van der Waals surface area contributed by atoms with E-state index in [1.807, 2.05) is 18.2 Å². The van der Waals surface area contributed by atoms with Gasteiger partial charge >= 0.3 is 0 Å². The van der Waals surface area contributed by atoms with Gasteiger partial charge in [0.15, 0.2) is 5.96 Å². The molecule has 0 saturated carbocycles. The van der Waals surface area contributed by atoms with Crippen LogP contribution in [-0.2, 0) is 11.3 Å². The number of piperidine rings is 1. The molecule has 0 radical (unpaired) electrons. The lowest BCUT2D eigenvalue weighted by atomic mass is 9.99. The minimum Gasteiger partial charge on any atom is -0.491 e. The Morgan fingerprint density at radius 2 is 2.00 bits per heavy atom. The number of rotatable bonds is 11. The molecule has 0 spiro atoms. The van der Waals surface area contributed by atoms with E-state index in [0.717, 1.165) is 42.7 Å². The van der Waals surface area contributed by atoms with Crippen molar-refractivity contribution in [3.8, 4) is 5.75 Å². The summed E-state index contributed by atoms with van der Waals surface area (Å²) in [5, 5.41) is 6.79. The van der Waals surface area contributed by atoms with Crippen molar-refractivity contribution in [2.75, 3.05) is 53.0 Å². The van der Waals surface area contributed by atoms with Crippen molar-refractivity contribution in [3.05, 3.63) is 29.8 Å². The molecular weight excluding hydrogens is 479 g/mol. The van der Waals surface area contributed by atoms with E-state index < -0.39 is 0 Å². The average Bonchev–Trinajstić information content (AvgIpc) is 2.71. The van der Waals surface area contributed by atoms with E-state index in [4.69, 9.17) is 14.5 Å². The van der Waals surface area contributed by atoms with Crippen LogP contribution in [0.5, 0.6) is 5.75 Å². The fourth-order valence-electron chi connectivity index (χ4n) is 3.28. The van der Waals surface area contributed by atoms with Crippen LogP contribution in [0.1, 0.15) is 38.7 Å². The molecule has 2 rings (SSSR count). The Balaban J connectivity index is 0.00000420. The summed E-state index contributed by atoms with van der Waals surface area (Å²) in [4.78, 5) is 7.30. The highest BCUT2D eigenvalue weighted by Gasteiger charge is 2.14. The molecule has 0 bridgehead atoms. The summed E-state index contributed by atoms with van der Waals surface area (Å²) >= 11 is 0. The first-order valence-electron chi connectivity index (χ1n) is 10.7. The number of hydrogen-bond acceptors (Lipinski definition) is 4. The highest BCUT2D eigenvalue weighted by atomic mass is 127. The second-order valence-electron chi connectivity index (χ2n) is 7.49. The van der Waals surface area contributed by atoms with E-state index in [-0.39, 0.29) is 24.0 Å². The van der Waals surface area contributed by atoms with Gasteiger partial charge in [0, 0.05) is 20.2 Å². The average molecular weight is 518 g/mol. The highest BCUT2D eigenvalue weighted by molar-refractivity contribution is 14.0. The molecule has 7 heteroatoms. The molecule has 1 aromatic rings. The fraction of sp³-hybridized carbons (Fsp3) is 0.682. The van der Waals surface area contributed by atoms with Gasteiger partial charge in [0.05, 0.1) is 13.2 Å². The second-order valence-corrected chi connectivity index (χ2v) is 7.49. The van der Waals surface area contributed by atoms with Crippen molar-refractivity contribution >= 4 is 29.9 Å². The molecule has 166 valence electrons. The lowest BCUT2D eigenvalue weighted by Crippen LogP contribution is -2.39. The zero-order chi connectivity index (χ0) is 20.0. The number of methoxy groups -OCH3 is 1. The number of ether oxygens (including phenoxy) is 2. The maximum absolute atomic E-state index is 5.68. The molecule has 1 saturated heterocycles. The zero-order valence-electron chi connectivity index (χ0n) is 18.3. The number of halogens is 1. The van der Waals surface area contributed by atoms with Crippen molar-refractivity contribution in [1.29, 1.82) is 0 Å². The van der Waals surface area contributed by atoms with Gasteiger partial charge in [0.25, 0.3) is 0 Å². The van der Waals surface area contributed by atoms with Crippen LogP contribution < -0.4 is 15.4 Å². The van der Waals surface area contributed by atoms with Crippen LogP contribution in [0.4, 0.5) is 0 Å². The molecule has 29 heavy (non-hydrogen) atoms. The molecule has 1 aliphatic heterocycles. The van der Waals surface area contributed by atoms with Crippen LogP contribution in [0.25, 0.3) is 0 Å². The van der Waals surface area contributed by atoms with Crippen LogP contribution in [0.2, 0.25) is 0 Å². The first-order valence-corrected chi connectivity index (χ1v) is 10.7. The third kappa shape index (κ3) is 11.1. The van der Waals surface area contributed by atoms with E-state index >= 15 is 0 Å². The third-order valence-electron chi connectivity index (χ3n) is 5.04. The first-order chi connectivity index (χ1) is 13.7. The van der Waals surface area contributed by atoms with Crippen LogP contribution in [-0.4, -0.2) is 63.9 Å². The predicted octanol–water partition coefficient (Wildman–Crippen LogP) is 3.51. The SMILES string of the molecule is CCNC(=NCc1cccc(OCCOC)c1)NCCCN1CCC(C)CC1.I. The highest BCUT2D eigenvalue weighted by Crippen LogP contribution is 2.16. The van der Waals surface area contributed by atoms with Crippen molar-refractivity contribution in [2.24, 2.45) is 10.9 Å². The lowest BCUT2D eigenvalue weighted by molar-refractivity contribution is 0.146. The Morgan fingerprint density at radius 1 is 1.21 bits per heavy atom. The Morgan fingerprint density at radius 3 is 2.72 bits per heavy atom. The molecule has 0 amide bonds. The summed E-state index contributed by atoms with van der Waals surface area (Å²) in [7, 11) is 1.68. The van der Waals surface area contributed by atoms with Gasteiger partial charge in [-0.15, -0.1) is 24.0 Å². The van der Waals surface area contributed by atoms with Gasteiger partial charge < -0.3 is 25.0 Å². The summed E-state index contributed by atoms with van der Waals surface area (Å²) in [5.74, 6) is 2.63. The van der Waals surface area contributed by atoms with Gasteiger partial charge in [-0.25, -0.2) is 4.99 Å². The topological polar surface area (TPSA) is 58.1 Å². The molecule has 1 aromatic carbocycles. The molecule has 0 aromatic heterocycles. The molecule has 1 aliphatic rings. The van der Waals surface area contributed by atoms with E-state index in [1.165, 1.54) is 32.5 Å². The molecule has 0 aliphatic carbocycles. The number of guanidine groups is 1. The van der Waals surface area contributed by atoms with Crippen LogP contribution in [0.3, 0.4) is 0 Å². The van der Waals surface area contributed by atoms with E-state index in [2.05, 4.69) is 35.4 Å². The van der Waals surface area contributed by atoms with Gasteiger partial charge in [0.2, 0.25) is 0 Å². The maximum atomic E-state index is 5.68. The van der Waals surface area contributed by atoms with Crippen molar-refractivity contribution < 1.29 is 9.47 Å². The maximum Gasteiger partial charge on any atom is 0.191 e. The minimum atomic E-state index is 0. The minimum absolute atomic E-state index is 0. The Kier molecular flexibility index (Phi) is 14.1. The number of likely N-dealkylation sites (tertiary alicyclic amines) is 1. The summed E-state index contributed by atoms with van der Waals surface area (Å²) in [6.45, 7) is 11.7. The molecule has 6 nitrogen and oxygen atoms in total. The van der Waals surface area contributed by atoms with E-state index in [0.29, 0.717) is 19.8 Å². The van der Waals surface area contributed by atoms with Gasteiger partial charge in [-0.05, 0) is 69.4 Å². The lowest BCUT2D eigenvalue weighted by Gasteiger charge is -2.30. The monoisotopic (exact) mass is 518 g/mol. The van der Waals surface area contributed by atoms with Crippen molar-refractivity contribution in [3.63, 3.8) is 0 Å². The third-order valence-corrected chi connectivity index (χ3v) is 5.04. The Hall–Kier alpha value is -1.06. The second kappa shape index (κ2) is 15.7. The van der Waals surface area contributed by atoms with Gasteiger partial charge in [-0.3, -0.25) is 0 Å². The number of hydrogen-bond donors (Lipinski definition) is 2. The molecule has 1 heterocycles. The number of benzene rings is 1. The van der Waals surface area contributed by atoms with E-state index in [1.54, 1.807) is 7.11 Å². The van der Waals surface area contributed by atoms with Crippen LogP contribution in [0.15, 0.2) is 29.3 Å². The normalized spacial score (nSPS) is 15.6. The van der Waals surface area contributed by atoms with Crippen LogP contribution in [0, 0.1) is 5.92 Å². The molecule has 0 unspecified atom stereocenters.